The lowest BCUT2D eigenvalue weighted by atomic mass is 9.74. The van der Waals surface area contributed by atoms with Gasteiger partial charge < -0.3 is 14.9 Å². The van der Waals surface area contributed by atoms with Crippen molar-refractivity contribution < 1.29 is 5.11 Å². The van der Waals surface area contributed by atoms with E-state index in [1.54, 1.807) is 5.56 Å². The molecule has 1 N–H and O–H groups in total. The third-order valence-corrected chi connectivity index (χ3v) is 6.33. The number of aliphatic hydroxyl groups is 1. The van der Waals surface area contributed by atoms with E-state index in [-0.39, 0.29) is 6.10 Å². The molecular weight excluding hydrogens is 296 g/mol. The second-order valence-corrected chi connectivity index (χ2v) is 7.84. The average molecular weight is 326 g/mol. The van der Waals surface area contributed by atoms with E-state index in [1.807, 2.05) is 0 Å². The summed E-state index contributed by atoms with van der Waals surface area (Å²) in [5.74, 6) is 0. The number of likely N-dealkylation sites (tertiary alicyclic amines) is 2. The third-order valence-electron chi connectivity index (χ3n) is 6.33. The smallest absolute Gasteiger partial charge is 0.0564 e. The van der Waals surface area contributed by atoms with Crippen LogP contribution in [-0.4, -0.2) is 60.3 Å². The zero-order chi connectivity index (χ0) is 16.4. The number of piperidine rings is 2. The van der Waals surface area contributed by atoms with Gasteiger partial charge in [-0.05, 0) is 69.4 Å². The first-order valence-corrected chi connectivity index (χ1v) is 9.67. The number of rotatable bonds is 4. The summed E-state index contributed by atoms with van der Waals surface area (Å²) >= 11 is 0. The van der Waals surface area contributed by atoms with E-state index in [0.717, 1.165) is 25.9 Å². The molecule has 0 unspecified atom stereocenters. The van der Waals surface area contributed by atoms with Crippen molar-refractivity contribution in [1.29, 1.82) is 0 Å². The number of hydrogen-bond donors (Lipinski definition) is 1. The van der Waals surface area contributed by atoms with E-state index in [2.05, 4.69) is 46.2 Å². The first-order valence-electron chi connectivity index (χ1n) is 9.67. The number of allylic oxidation sites excluding steroid dienone is 1. The van der Waals surface area contributed by atoms with Crippen LogP contribution in [0.4, 0.5) is 0 Å². The van der Waals surface area contributed by atoms with Gasteiger partial charge in [-0.2, -0.15) is 0 Å². The van der Waals surface area contributed by atoms with Crippen LogP contribution in [0.25, 0.3) is 6.08 Å². The first kappa shape index (κ1) is 16.3. The van der Waals surface area contributed by atoms with Gasteiger partial charge in [0, 0.05) is 18.5 Å². The SMILES string of the molecule is OC1CCN(CCCN2CCC3(C=Cc4ccccc43)CC2)CC1. The van der Waals surface area contributed by atoms with Gasteiger partial charge in [-0.3, -0.25) is 0 Å². The van der Waals surface area contributed by atoms with Crippen LogP contribution in [0.15, 0.2) is 30.3 Å². The van der Waals surface area contributed by atoms with Crippen LogP contribution in [0.2, 0.25) is 0 Å². The molecule has 2 aliphatic heterocycles. The van der Waals surface area contributed by atoms with E-state index in [4.69, 9.17) is 0 Å². The second-order valence-electron chi connectivity index (χ2n) is 7.84. The van der Waals surface area contributed by atoms with Gasteiger partial charge in [-0.1, -0.05) is 36.4 Å². The van der Waals surface area contributed by atoms with Gasteiger partial charge in [0.15, 0.2) is 0 Å². The highest BCUT2D eigenvalue weighted by Gasteiger charge is 2.37. The van der Waals surface area contributed by atoms with Gasteiger partial charge in [-0.25, -0.2) is 0 Å². The molecule has 0 atom stereocenters. The topological polar surface area (TPSA) is 26.7 Å². The van der Waals surface area contributed by atoms with Gasteiger partial charge in [0.25, 0.3) is 0 Å². The molecular formula is C21H30N2O. The molecule has 0 saturated carbocycles. The summed E-state index contributed by atoms with van der Waals surface area (Å²) in [6.45, 7) is 7.00. The van der Waals surface area contributed by atoms with Gasteiger partial charge in [0.1, 0.15) is 0 Å². The number of hydrogen-bond acceptors (Lipinski definition) is 3. The quantitative estimate of drug-likeness (QED) is 0.922. The Labute approximate surface area is 146 Å². The molecule has 4 rings (SSSR count). The van der Waals surface area contributed by atoms with E-state index in [9.17, 15) is 5.11 Å². The fraction of sp³-hybridized carbons (Fsp3) is 0.619. The molecule has 0 radical (unpaired) electrons. The highest BCUT2D eigenvalue weighted by Crippen LogP contribution is 2.43. The molecule has 0 bridgehead atoms. The molecule has 0 aromatic heterocycles. The Hall–Kier alpha value is -1.16. The monoisotopic (exact) mass is 326 g/mol. The normalized spacial score (nSPS) is 24.5. The number of fused-ring (bicyclic) bond motifs is 2. The van der Waals surface area contributed by atoms with Crippen molar-refractivity contribution in [3.05, 3.63) is 41.5 Å². The summed E-state index contributed by atoms with van der Waals surface area (Å²) in [6.07, 6.45) is 10.4. The van der Waals surface area contributed by atoms with Crippen LogP contribution in [0.3, 0.4) is 0 Å². The maximum atomic E-state index is 9.59. The van der Waals surface area contributed by atoms with Crippen LogP contribution in [0.1, 0.15) is 43.2 Å². The fourth-order valence-corrected chi connectivity index (χ4v) is 4.71. The number of benzene rings is 1. The van der Waals surface area contributed by atoms with Crippen LogP contribution in [0.5, 0.6) is 0 Å². The minimum Gasteiger partial charge on any atom is -0.393 e. The van der Waals surface area contributed by atoms with E-state index in [1.165, 1.54) is 51.0 Å². The molecule has 0 amide bonds. The Kier molecular flexibility index (Phi) is 4.75. The number of aliphatic hydroxyl groups excluding tert-OH is 1. The summed E-state index contributed by atoms with van der Waals surface area (Å²) in [7, 11) is 0. The zero-order valence-corrected chi connectivity index (χ0v) is 14.7. The van der Waals surface area contributed by atoms with E-state index < -0.39 is 0 Å². The maximum Gasteiger partial charge on any atom is 0.0564 e. The molecule has 3 nitrogen and oxygen atoms in total. The average Bonchev–Trinajstić information content (AvgIpc) is 2.97. The van der Waals surface area contributed by atoms with Crippen LogP contribution < -0.4 is 0 Å². The Balaban J connectivity index is 1.23. The fourth-order valence-electron chi connectivity index (χ4n) is 4.71. The summed E-state index contributed by atoms with van der Waals surface area (Å²) in [4.78, 5) is 5.17. The standard InChI is InChI=1S/C21H30N2O/c24-19-7-14-22(15-8-19)12-3-13-23-16-10-21(11-17-23)9-6-18-4-1-2-5-20(18)21/h1-2,4-6,9,19,24H,3,7-8,10-17H2. The van der Waals surface area contributed by atoms with Crippen molar-refractivity contribution in [2.45, 2.75) is 43.6 Å². The summed E-state index contributed by atoms with van der Waals surface area (Å²) in [6, 6.07) is 8.92. The molecule has 1 spiro atoms. The Morgan fingerprint density at radius 1 is 0.958 bits per heavy atom. The van der Waals surface area contributed by atoms with Crippen molar-refractivity contribution in [3.8, 4) is 0 Å². The van der Waals surface area contributed by atoms with Crippen molar-refractivity contribution in [1.82, 2.24) is 9.80 Å². The van der Waals surface area contributed by atoms with Gasteiger partial charge >= 0.3 is 0 Å². The Morgan fingerprint density at radius 2 is 1.62 bits per heavy atom. The Bertz CT molecular complexity index is 581. The summed E-state index contributed by atoms with van der Waals surface area (Å²) in [5, 5.41) is 9.59. The highest BCUT2D eigenvalue weighted by atomic mass is 16.3. The molecule has 2 fully saturated rings. The van der Waals surface area contributed by atoms with E-state index >= 15 is 0 Å². The predicted octanol–water partition coefficient (Wildman–Crippen LogP) is 2.89. The molecule has 1 aromatic carbocycles. The molecule has 2 saturated heterocycles. The lowest BCUT2D eigenvalue weighted by Crippen LogP contribution is -2.42. The van der Waals surface area contributed by atoms with Crippen molar-refractivity contribution >= 4 is 6.08 Å². The van der Waals surface area contributed by atoms with E-state index in [0.29, 0.717) is 5.41 Å². The Morgan fingerprint density at radius 3 is 2.38 bits per heavy atom. The van der Waals surface area contributed by atoms with Crippen molar-refractivity contribution in [2.24, 2.45) is 0 Å². The summed E-state index contributed by atoms with van der Waals surface area (Å²) in [5.41, 5.74) is 3.30. The molecule has 130 valence electrons. The molecule has 3 heteroatoms. The molecule has 1 aromatic rings. The van der Waals surface area contributed by atoms with Gasteiger partial charge in [0.05, 0.1) is 6.10 Å². The largest absolute Gasteiger partial charge is 0.393 e. The molecule has 3 aliphatic rings. The summed E-state index contributed by atoms with van der Waals surface area (Å²) < 4.78 is 0. The molecule has 1 aliphatic carbocycles. The lowest BCUT2D eigenvalue weighted by Gasteiger charge is -2.39. The second kappa shape index (κ2) is 6.99. The lowest BCUT2D eigenvalue weighted by molar-refractivity contribution is 0.0791. The first-order chi connectivity index (χ1) is 11.8. The van der Waals surface area contributed by atoms with Gasteiger partial charge in [-0.15, -0.1) is 0 Å². The van der Waals surface area contributed by atoms with Crippen LogP contribution in [0, 0.1) is 0 Å². The minimum absolute atomic E-state index is 0.0538. The molecule has 24 heavy (non-hydrogen) atoms. The maximum absolute atomic E-state index is 9.59. The molecule has 2 heterocycles. The third kappa shape index (κ3) is 3.30. The highest BCUT2D eigenvalue weighted by molar-refractivity contribution is 5.65. The van der Waals surface area contributed by atoms with Crippen molar-refractivity contribution in [3.63, 3.8) is 0 Å². The van der Waals surface area contributed by atoms with Crippen molar-refractivity contribution in [2.75, 3.05) is 39.3 Å². The minimum atomic E-state index is -0.0538. The number of nitrogens with zero attached hydrogens (tertiary/aromatic N) is 2. The van der Waals surface area contributed by atoms with Gasteiger partial charge in [0.2, 0.25) is 0 Å². The van der Waals surface area contributed by atoms with Crippen LogP contribution >= 0.6 is 0 Å². The predicted molar refractivity (Wildman–Crippen MR) is 99.1 cm³/mol. The van der Waals surface area contributed by atoms with Crippen LogP contribution in [-0.2, 0) is 5.41 Å². The zero-order valence-electron chi connectivity index (χ0n) is 14.7.